The predicted octanol–water partition coefficient (Wildman–Crippen LogP) is 2.69. The third kappa shape index (κ3) is 2.75. The maximum atomic E-state index is 5.33. The zero-order valence-corrected chi connectivity index (χ0v) is 10.2. The SMILES string of the molecule is CC(C)(C)c1ccc(Nc2nnc(N)o2)cc1. The molecule has 1 aromatic carbocycles. The highest BCUT2D eigenvalue weighted by Crippen LogP contribution is 2.24. The molecule has 0 amide bonds. The fraction of sp³-hybridized carbons (Fsp3) is 0.333. The van der Waals surface area contributed by atoms with Crippen LogP contribution >= 0.6 is 0 Å². The summed E-state index contributed by atoms with van der Waals surface area (Å²) < 4.78 is 5.03. The lowest BCUT2D eigenvalue weighted by atomic mass is 9.87. The molecule has 3 N–H and O–H groups in total. The number of nitrogen functional groups attached to an aromatic ring is 1. The lowest BCUT2D eigenvalue weighted by molar-refractivity contribution is 0.589. The summed E-state index contributed by atoms with van der Waals surface area (Å²) in [5, 5.41) is 10.3. The number of hydrogen-bond acceptors (Lipinski definition) is 5. The second-order valence-corrected chi connectivity index (χ2v) is 4.90. The van der Waals surface area contributed by atoms with E-state index >= 15 is 0 Å². The van der Waals surface area contributed by atoms with Crippen molar-refractivity contribution in [1.29, 1.82) is 0 Å². The smallest absolute Gasteiger partial charge is 0.321 e. The standard InChI is InChI=1S/C12H16N4O/c1-12(2,3)8-4-6-9(7-5-8)14-11-16-15-10(13)17-11/h4-7H,1-3H3,(H2,13,15)(H,14,16). The molecule has 0 aliphatic carbocycles. The molecule has 5 heteroatoms. The molecule has 0 fully saturated rings. The molecule has 1 heterocycles. The molecule has 0 bridgehead atoms. The van der Waals surface area contributed by atoms with Crippen LogP contribution in [0.3, 0.4) is 0 Å². The Labute approximate surface area is 100 Å². The van der Waals surface area contributed by atoms with Crippen molar-refractivity contribution in [3.8, 4) is 0 Å². The summed E-state index contributed by atoms with van der Waals surface area (Å²) in [6, 6.07) is 8.44. The van der Waals surface area contributed by atoms with Crippen LogP contribution in [-0.4, -0.2) is 10.2 Å². The Morgan fingerprint density at radius 3 is 2.24 bits per heavy atom. The van der Waals surface area contributed by atoms with Crippen LogP contribution in [0.2, 0.25) is 0 Å². The van der Waals surface area contributed by atoms with Gasteiger partial charge in [0.1, 0.15) is 0 Å². The molecular weight excluding hydrogens is 216 g/mol. The van der Waals surface area contributed by atoms with E-state index in [4.69, 9.17) is 10.2 Å². The molecule has 0 radical (unpaired) electrons. The van der Waals surface area contributed by atoms with Gasteiger partial charge in [-0.2, -0.15) is 0 Å². The van der Waals surface area contributed by atoms with Crippen molar-refractivity contribution in [2.75, 3.05) is 11.1 Å². The van der Waals surface area contributed by atoms with E-state index in [1.165, 1.54) is 5.56 Å². The van der Waals surface area contributed by atoms with Gasteiger partial charge in [0, 0.05) is 5.69 Å². The average Bonchev–Trinajstić information content (AvgIpc) is 2.63. The molecule has 0 spiro atoms. The molecule has 0 aliphatic heterocycles. The van der Waals surface area contributed by atoms with Crippen LogP contribution in [0.25, 0.3) is 0 Å². The van der Waals surface area contributed by atoms with Crippen molar-refractivity contribution in [3.63, 3.8) is 0 Å². The maximum absolute atomic E-state index is 5.33. The number of nitrogens with zero attached hydrogens (tertiary/aromatic N) is 2. The largest absolute Gasteiger partial charge is 0.389 e. The van der Waals surface area contributed by atoms with Crippen LogP contribution in [0.4, 0.5) is 17.7 Å². The number of benzene rings is 1. The number of nitrogens with two attached hydrogens (primary N) is 1. The summed E-state index contributed by atoms with van der Waals surface area (Å²) >= 11 is 0. The van der Waals surface area contributed by atoms with Crippen molar-refractivity contribution < 1.29 is 4.42 Å². The summed E-state index contributed by atoms with van der Waals surface area (Å²) in [6.07, 6.45) is 0. The van der Waals surface area contributed by atoms with E-state index < -0.39 is 0 Å². The Morgan fingerprint density at radius 1 is 1.12 bits per heavy atom. The van der Waals surface area contributed by atoms with E-state index in [1.807, 2.05) is 12.1 Å². The lowest BCUT2D eigenvalue weighted by Gasteiger charge is -2.19. The molecule has 90 valence electrons. The van der Waals surface area contributed by atoms with Crippen LogP contribution in [0, 0.1) is 0 Å². The van der Waals surface area contributed by atoms with Crippen molar-refractivity contribution in [1.82, 2.24) is 10.2 Å². The Balaban J connectivity index is 2.13. The van der Waals surface area contributed by atoms with Crippen LogP contribution in [-0.2, 0) is 5.41 Å². The van der Waals surface area contributed by atoms with Gasteiger partial charge >= 0.3 is 12.0 Å². The van der Waals surface area contributed by atoms with Gasteiger partial charge in [-0.1, -0.05) is 43.1 Å². The highest BCUT2D eigenvalue weighted by atomic mass is 16.4. The minimum atomic E-state index is 0.0545. The zero-order chi connectivity index (χ0) is 12.5. The first kappa shape index (κ1) is 11.4. The highest BCUT2D eigenvalue weighted by molar-refractivity contribution is 5.53. The van der Waals surface area contributed by atoms with Crippen LogP contribution in [0.5, 0.6) is 0 Å². The second-order valence-electron chi connectivity index (χ2n) is 4.90. The maximum Gasteiger partial charge on any atom is 0.321 e. The third-order valence-corrected chi connectivity index (χ3v) is 2.44. The van der Waals surface area contributed by atoms with Gasteiger partial charge in [0.05, 0.1) is 0 Å². The third-order valence-electron chi connectivity index (χ3n) is 2.44. The summed E-state index contributed by atoms with van der Waals surface area (Å²) in [5.41, 5.74) is 7.64. The van der Waals surface area contributed by atoms with Gasteiger partial charge in [-0.25, -0.2) is 0 Å². The van der Waals surface area contributed by atoms with Crippen LogP contribution in [0.1, 0.15) is 26.3 Å². The molecule has 17 heavy (non-hydrogen) atoms. The zero-order valence-electron chi connectivity index (χ0n) is 10.2. The number of rotatable bonds is 2. The van der Waals surface area contributed by atoms with Gasteiger partial charge in [-0.3, -0.25) is 0 Å². The van der Waals surface area contributed by atoms with Crippen molar-refractivity contribution in [3.05, 3.63) is 29.8 Å². The van der Waals surface area contributed by atoms with Crippen molar-refractivity contribution >= 4 is 17.7 Å². The van der Waals surface area contributed by atoms with Crippen LogP contribution < -0.4 is 11.1 Å². The van der Waals surface area contributed by atoms with E-state index in [0.29, 0.717) is 6.01 Å². The van der Waals surface area contributed by atoms with Crippen molar-refractivity contribution in [2.24, 2.45) is 0 Å². The molecule has 0 saturated carbocycles. The molecular formula is C12H16N4O. The summed E-state index contributed by atoms with van der Waals surface area (Å²) in [5.74, 6) is 0. The fourth-order valence-electron chi connectivity index (χ4n) is 1.46. The minimum absolute atomic E-state index is 0.0545. The molecule has 1 aromatic heterocycles. The topological polar surface area (TPSA) is 77.0 Å². The summed E-state index contributed by atoms with van der Waals surface area (Å²) in [7, 11) is 0. The van der Waals surface area contributed by atoms with E-state index in [1.54, 1.807) is 0 Å². The molecule has 2 aromatic rings. The van der Waals surface area contributed by atoms with Gasteiger partial charge in [-0.15, -0.1) is 0 Å². The Morgan fingerprint density at radius 2 is 1.76 bits per heavy atom. The lowest BCUT2D eigenvalue weighted by Crippen LogP contribution is -2.10. The first-order valence-electron chi connectivity index (χ1n) is 5.42. The van der Waals surface area contributed by atoms with Gasteiger partial charge < -0.3 is 15.5 Å². The molecule has 2 rings (SSSR count). The van der Waals surface area contributed by atoms with Gasteiger partial charge in [-0.05, 0) is 23.1 Å². The normalized spacial score (nSPS) is 11.5. The molecule has 0 atom stereocenters. The first-order valence-corrected chi connectivity index (χ1v) is 5.42. The molecule has 5 nitrogen and oxygen atoms in total. The van der Waals surface area contributed by atoms with Crippen molar-refractivity contribution in [2.45, 2.75) is 26.2 Å². The van der Waals surface area contributed by atoms with Gasteiger partial charge in [0.25, 0.3) is 0 Å². The van der Waals surface area contributed by atoms with E-state index in [-0.39, 0.29) is 11.4 Å². The van der Waals surface area contributed by atoms with Crippen LogP contribution in [0.15, 0.2) is 28.7 Å². The van der Waals surface area contributed by atoms with E-state index in [2.05, 4.69) is 48.4 Å². The number of anilines is 3. The number of nitrogens with one attached hydrogen (secondary N) is 1. The van der Waals surface area contributed by atoms with E-state index in [0.717, 1.165) is 5.69 Å². The number of hydrogen-bond donors (Lipinski definition) is 2. The Bertz CT molecular complexity index is 496. The minimum Gasteiger partial charge on any atom is -0.389 e. The molecule has 0 saturated heterocycles. The highest BCUT2D eigenvalue weighted by Gasteiger charge is 2.13. The number of aromatic nitrogens is 2. The Hall–Kier alpha value is -2.04. The summed E-state index contributed by atoms with van der Waals surface area (Å²) in [6.45, 7) is 6.52. The predicted molar refractivity (Wildman–Crippen MR) is 67.1 cm³/mol. The summed E-state index contributed by atoms with van der Waals surface area (Å²) in [4.78, 5) is 0. The molecule has 0 aliphatic rings. The first-order chi connectivity index (χ1) is 7.95. The Kier molecular flexibility index (Phi) is 2.75. The molecule has 0 unspecified atom stereocenters. The average molecular weight is 232 g/mol. The monoisotopic (exact) mass is 232 g/mol. The quantitative estimate of drug-likeness (QED) is 0.832. The second kappa shape index (κ2) is 4.08. The van der Waals surface area contributed by atoms with E-state index in [9.17, 15) is 0 Å². The fourth-order valence-corrected chi connectivity index (χ4v) is 1.46. The van der Waals surface area contributed by atoms with Gasteiger partial charge in [0.2, 0.25) is 0 Å². The van der Waals surface area contributed by atoms with Gasteiger partial charge in [0.15, 0.2) is 0 Å².